The molecule has 0 atom stereocenters. The molecule has 0 amide bonds. The van der Waals surface area contributed by atoms with Gasteiger partial charge in [-0.05, 0) is 52.7 Å². The van der Waals surface area contributed by atoms with Crippen molar-refractivity contribution < 1.29 is 8.42 Å². The number of pyridine rings is 1. The maximum Gasteiger partial charge on any atom is 0.263 e. The van der Waals surface area contributed by atoms with E-state index in [2.05, 4.69) is 25.6 Å². The Balaban J connectivity index is 2.41. The monoisotopic (exact) mass is 341 g/mol. The van der Waals surface area contributed by atoms with Gasteiger partial charge in [-0.3, -0.25) is 9.71 Å². The average molecular weight is 342 g/mol. The molecule has 19 heavy (non-hydrogen) atoms. The van der Waals surface area contributed by atoms with E-state index in [-0.39, 0.29) is 4.90 Å². The number of rotatable bonds is 3. The third-order valence-corrected chi connectivity index (χ3v) is 4.87. The highest BCUT2D eigenvalue weighted by Gasteiger charge is 2.18. The quantitative estimate of drug-likeness (QED) is 0.840. The highest BCUT2D eigenvalue weighted by atomic mass is 79.9. The number of anilines is 2. The zero-order valence-corrected chi connectivity index (χ0v) is 12.5. The van der Waals surface area contributed by atoms with Crippen LogP contribution in [0.15, 0.2) is 46.0 Å². The van der Waals surface area contributed by atoms with Gasteiger partial charge in [0.2, 0.25) is 0 Å². The van der Waals surface area contributed by atoms with E-state index in [4.69, 9.17) is 5.73 Å². The molecule has 7 heteroatoms. The second-order valence-corrected chi connectivity index (χ2v) is 6.49. The second-order valence-electron chi connectivity index (χ2n) is 3.99. The van der Waals surface area contributed by atoms with Crippen LogP contribution < -0.4 is 10.5 Å². The van der Waals surface area contributed by atoms with Gasteiger partial charge in [-0.1, -0.05) is 0 Å². The zero-order chi connectivity index (χ0) is 14.0. The van der Waals surface area contributed by atoms with Gasteiger partial charge in [0, 0.05) is 16.4 Å². The van der Waals surface area contributed by atoms with Gasteiger partial charge in [0.05, 0.1) is 11.9 Å². The van der Waals surface area contributed by atoms with Crippen molar-refractivity contribution >= 4 is 37.3 Å². The van der Waals surface area contributed by atoms with Crippen LogP contribution in [0.2, 0.25) is 0 Å². The van der Waals surface area contributed by atoms with Crippen molar-refractivity contribution in [2.75, 3.05) is 10.5 Å². The first kappa shape index (κ1) is 13.8. The van der Waals surface area contributed by atoms with Gasteiger partial charge in [0.15, 0.2) is 0 Å². The highest BCUT2D eigenvalue weighted by Crippen LogP contribution is 2.26. The Morgan fingerprint density at radius 1 is 1.32 bits per heavy atom. The lowest BCUT2D eigenvalue weighted by Gasteiger charge is -2.11. The van der Waals surface area contributed by atoms with E-state index in [1.165, 1.54) is 18.3 Å². The van der Waals surface area contributed by atoms with Crippen molar-refractivity contribution in [1.82, 2.24) is 4.98 Å². The second kappa shape index (κ2) is 5.18. The number of benzene rings is 1. The molecule has 0 spiro atoms. The first-order valence-corrected chi connectivity index (χ1v) is 7.66. The molecule has 0 saturated carbocycles. The fourth-order valence-electron chi connectivity index (χ4n) is 1.51. The fraction of sp³-hybridized carbons (Fsp3) is 0.0833. The number of hydrogen-bond acceptors (Lipinski definition) is 4. The summed E-state index contributed by atoms with van der Waals surface area (Å²) in [6.07, 6.45) is 3.07. The lowest BCUT2D eigenvalue weighted by molar-refractivity contribution is 0.600. The van der Waals surface area contributed by atoms with Crippen molar-refractivity contribution in [2.45, 2.75) is 11.8 Å². The number of aryl methyl sites for hydroxylation is 1. The number of halogens is 1. The summed E-state index contributed by atoms with van der Waals surface area (Å²) in [6.45, 7) is 1.80. The molecule has 0 aliphatic heterocycles. The molecule has 1 aromatic heterocycles. The summed E-state index contributed by atoms with van der Waals surface area (Å²) in [7, 11) is -3.68. The Morgan fingerprint density at radius 3 is 2.68 bits per heavy atom. The predicted molar refractivity (Wildman–Crippen MR) is 78.3 cm³/mol. The van der Waals surface area contributed by atoms with Crippen LogP contribution in [-0.4, -0.2) is 13.4 Å². The first-order chi connectivity index (χ1) is 8.90. The minimum atomic E-state index is -3.68. The van der Waals surface area contributed by atoms with Gasteiger partial charge in [-0.15, -0.1) is 0 Å². The Hall–Kier alpha value is -1.60. The topological polar surface area (TPSA) is 85.1 Å². The number of sulfonamides is 1. The highest BCUT2D eigenvalue weighted by molar-refractivity contribution is 9.10. The van der Waals surface area contributed by atoms with Crippen molar-refractivity contribution in [2.24, 2.45) is 0 Å². The van der Waals surface area contributed by atoms with Crippen LogP contribution in [0.4, 0.5) is 11.4 Å². The number of nitrogens with one attached hydrogen (secondary N) is 1. The van der Waals surface area contributed by atoms with Crippen molar-refractivity contribution in [3.63, 3.8) is 0 Å². The van der Waals surface area contributed by atoms with Crippen LogP contribution in [0.3, 0.4) is 0 Å². The van der Waals surface area contributed by atoms with Crippen LogP contribution in [0.5, 0.6) is 0 Å². The van der Waals surface area contributed by atoms with Crippen molar-refractivity contribution in [3.05, 3.63) is 46.7 Å². The Morgan fingerprint density at radius 2 is 2.05 bits per heavy atom. The van der Waals surface area contributed by atoms with E-state index >= 15 is 0 Å². The lowest BCUT2D eigenvalue weighted by Crippen LogP contribution is -2.14. The van der Waals surface area contributed by atoms with Gasteiger partial charge in [0.25, 0.3) is 10.0 Å². The predicted octanol–water partition coefficient (Wildman–Crippen LogP) is 2.54. The van der Waals surface area contributed by atoms with Gasteiger partial charge >= 0.3 is 0 Å². The molecule has 100 valence electrons. The molecular formula is C12H12BrN3O2S. The van der Waals surface area contributed by atoms with E-state index in [0.717, 1.165) is 5.56 Å². The normalized spacial score (nSPS) is 11.3. The average Bonchev–Trinajstić information content (AvgIpc) is 2.31. The molecule has 0 saturated heterocycles. The summed E-state index contributed by atoms with van der Waals surface area (Å²) in [5, 5.41) is 0. The van der Waals surface area contributed by atoms with E-state index < -0.39 is 10.0 Å². The summed E-state index contributed by atoms with van der Waals surface area (Å²) in [5.41, 5.74) is 7.33. The molecule has 0 unspecified atom stereocenters. The molecule has 0 aliphatic rings. The van der Waals surface area contributed by atoms with E-state index in [1.54, 1.807) is 25.3 Å². The third kappa shape index (κ3) is 3.05. The molecular weight excluding hydrogens is 330 g/mol. The largest absolute Gasteiger partial charge is 0.399 e. The van der Waals surface area contributed by atoms with Gasteiger partial charge in [-0.2, -0.15) is 0 Å². The van der Waals surface area contributed by atoms with Crippen LogP contribution in [-0.2, 0) is 10.0 Å². The van der Waals surface area contributed by atoms with Gasteiger partial charge < -0.3 is 5.73 Å². The molecule has 0 aliphatic carbocycles. The summed E-state index contributed by atoms with van der Waals surface area (Å²) in [5.74, 6) is 0. The molecule has 0 fully saturated rings. The minimum absolute atomic E-state index is 0.130. The summed E-state index contributed by atoms with van der Waals surface area (Å²) in [4.78, 5) is 4.03. The molecule has 2 rings (SSSR count). The van der Waals surface area contributed by atoms with Crippen LogP contribution in [0.25, 0.3) is 0 Å². The summed E-state index contributed by atoms with van der Waals surface area (Å²) < 4.78 is 27.5. The number of nitrogen functional groups attached to an aromatic ring is 1. The molecule has 0 radical (unpaired) electrons. The smallest absolute Gasteiger partial charge is 0.263 e. The SMILES string of the molecule is Cc1ccncc1NS(=O)(=O)c1ccc(N)cc1Br. The number of aromatic nitrogens is 1. The first-order valence-electron chi connectivity index (χ1n) is 5.38. The fourth-order valence-corrected chi connectivity index (χ4v) is 3.72. The maximum atomic E-state index is 12.3. The van der Waals surface area contributed by atoms with E-state index in [0.29, 0.717) is 15.8 Å². The third-order valence-electron chi connectivity index (χ3n) is 2.53. The standard InChI is InChI=1S/C12H12BrN3O2S/c1-8-4-5-15-7-11(8)16-19(17,18)12-3-2-9(14)6-10(12)13/h2-7,16H,14H2,1H3. The summed E-state index contributed by atoms with van der Waals surface area (Å²) >= 11 is 3.20. The minimum Gasteiger partial charge on any atom is -0.399 e. The zero-order valence-electron chi connectivity index (χ0n) is 10.1. The van der Waals surface area contributed by atoms with Crippen molar-refractivity contribution in [3.8, 4) is 0 Å². The van der Waals surface area contributed by atoms with Crippen LogP contribution in [0, 0.1) is 6.92 Å². The molecule has 1 heterocycles. The Bertz CT molecular complexity index is 717. The molecule has 0 bridgehead atoms. The molecule has 1 aromatic carbocycles. The Kier molecular flexibility index (Phi) is 3.77. The molecule has 3 N–H and O–H groups in total. The number of nitrogens with zero attached hydrogens (tertiary/aromatic N) is 1. The molecule has 2 aromatic rings. The number of hydrogen-bond donors (Lipinski definition) is 2. The maximum absolute atomic E-state index is 12.3. The van der Waals surface area contributed by atoms with Gasteiger partial charge in [0.1, 0.15) is 4.90 Å². The van der Waals surface area contributed by atoms with Gasteiger partial charge in [-0.25, -0.2) is 8.42 Å². The summed E-state index contributed by atoms with van der Waals surface area (Å²) in [6, 6.07) is 6.27. The Labute approximate surface area is 120 Å². The van der Waals surface area contributed by atoms with E-state index in [9.17, 15) is 8.42 Å². The molecule has 5 nitrogen and oxygen atoms in total. The lowest BCUT2D eigenvalue weighted by atomic mass is 10.3. The van der Waals surface area contributed by atoms with Crippen LogP contribution >= 0.6 is 15.9 Å². The number of nitrogens with two attached hydrogens (primary N) is 1. The van der Waals surface area contributed by atoms with Crippen LogP contribution in [0.1, 0.15) is 5.56 Å². The van der Waals surface area contributed by atoms with Crippen molar-refractivity contribution in [1.29, 1.82) is 0 Å². The van der Waals surface area contributed by atoms with E-state index in [1.807, 2.05) is 0 Å².